The monoisotopic (exact) mass is 641 g/mol. The van der Waals surface area contributed by atoms with Crippen LogP contribution in [0.3, 0.4) is 0 Å². The van der Waals surface area contributed by atoms with E-state index in [1.165, 1.54) is 63.1 Å². The molecule has 0 aliphatic carbocycles. The van der Waals surface area contributed by atoms with E-state index in [4.69, 9.17) is 9.47 Å². The van der Waals surface area contributed by atoms with Crippen molar-refractivity contribution in [3.63, 3.8) is 0 Å². The summed E-state index contributed by atoms with van der Waals surface area (Å²) in [5.74, 6) is 0.886. The van der Waals surface area contributed by atoms with Crippen LogP contribution in [0.2, 0.25) is 0 Å². The lowest BCUT2D eigenvalue weighted by atomic mass is 9.75. The predicted molar refractivity (Wildman–Crippen MR) is 196 cm³/mol. The van der Waals surface area contributed by atoms with Crippen molar-refractivity contribution in [3.05, 3.63) is 29.8 Å². The minimum atomic E-state index is -0.107. The predicted octanol–water partition coefficient (Wildman–Crippen LogP) is 7.70. The minimum Gasteiger partial charge on any atom is -0.375 e. The van der Waals surface area contributed by atoms with Gasteiger partial charge in [-0.05, 0) is 134 Å². The zero-order valence-electron chi connectivity index (χ0n) is 31.8. The largest absolute Gasteiger partial charge is 0.375 e. The van der Waals surface area contributed by atoms with Gasteiger partial charge in [-0.25, -0.2) is 0 Å². The van der Waals surface area contributed by atoms with Crippen LogP contribution in [0.1, 0.15) is 113 Å². The zero-order chi connectivity index (χ0) is 33.6. The van der Waals surface area contributed by atoms with Gasteiger partial charge in [-0.2, -0.15) is 0 Å². The van der Waals surface area contributed by atoms with Crippen molar-refractivity contribution in [2.24, 2.45) is 11.3 Å². The molecular formula is C40H72N4O2. The Bertz CT molecular complexity index is 1020. The van der Waals surface area contributed by atoms with E-state index < -0.39 is 0 Å². The third-order valence-electron chi connectivity index (χ3n) is 11.4. The van der Waals surface area contributed by atoms with Gasteiger partial charge in [0.2, 0.25) is 0 Å². The molecule has 0 bridgehead atoms. The van der Waals surface area contributed by atoms with Crippen molar-refractivity contribution in [3.8, 4) is 0 Å². The zero-order valence-corrected chi connectivity index (χ0v) is 31.8. The molecule has 4 rings (SSSR count). The second-order valence-corrected chi connectivity index (χ2v) is 18.1. The molecule has 0 N–H and O–H groups in total. The molecule has 0 spiro atoms. The Labute approximate surface area is 284 Å². The number of benzene rings is 1. The van der Waals surface area contributed by atoms with Gasteiger partial charge in [-0.15, -0.1) is 0 Å². The number of nitrogens with zero attached hydrogens (tertiary/aromatic N) is 4. The van der Waals surface area contributed by atoms with Gasteiger partial charge in [0.1, 0.15) is 0 Å². The van der Waals surface area contributed by atoms with Crippen LogP contribution in [0.25, 0.3) is 0 Å². The molecule has 0 radical (unpaired) electrons. The van der Waals surface area contributed by atoms with Crippen LogP contribution in [-0.2, 0) is 14.9 Å². The van der Waals surface area contributed by atoms with Crippen molar-refractivity contribution in [1.82, 2.24) is 14.7 Å². The first-order chi connectivity index (χ1) is 21.5. The summed E-state index contributed by atoms with van der Waals surface area (Å²) < 4.78 is 12.5. The first-order valence-corrected chi connectivity index (χ1v) is 18.8. The number of piperazine rings is 1. The average Bonchev–Trinajstić information content (AvgIpc) is 3.00. The van der Waals surface area contributed by atoms with Crippen molar-refractivity contribution >= 4 is 5.69 Å². The summed E-state index contributed by atoms with van der Waals surface area (Å²) in [5.41, 5.74) is 3.20. The topological polar surface area (TPSA) is 31.4 Å². The highest BCUT2D eigenvalue weighted by molar-refractivity contribution is 5.49. The van der Waals surface area contributed by atoms with Gasteiger partial charge in [0.15, 0.2) is 0 Å². The maximum atomic E-state index is 6.53. The fourth-order valence-electron chi connectivity index (χ4n) is 7.75. The molecule has 0 unspecified atom stereocenters. The fraction of sp³-hybridized carbons (Fsp3) is 0.850. The Balaban J connectivity index is 1.12. The molecule has 3 fully saturated rings. The van der Waals surface area contributed by atoms with Crippen LogP contribution < -0.4 is 4.90 Å². The third-order valence-corrected chi connectivity index (χ3v) is 11.4. The molecule has 0 atom stereocenters. The van der Waals surface area contributed by atoms with Crippen molar-refractivity contribution in [2.45, 2.75) is 130 Å². The summed E-state index contributed by atoms with van der Waals surface area (Å²) in [5, 5.41) is 0. The summed E-state index contributed by atoms with van der Waals surface area (Å²) in [6.07, 6.45) is 7.57. The summed E-state index contributed by atoms with van der Waals surface area (Å²) in [6, 6.07) is 10.2. The maximum absolute atomic E-state index is 6.53. The molecule has 0 saturated carbocycles. The van der Waals surface area contributed by atoms with Gasteiger partial charge in [0, 0.05) is 51.0 Å². The van der Waals surface area contributed by atoms with Gasteiger partial charge in [-0.1, -0.05) is 46.8 Å². The number of anilines is 1. The fourth-order valence-corrected chi connectivity index (χ4v) is 7.75. The molecule has 3 aliphatic rings. The summed E-state index contributed by atoms with van der Waals surface area (Å²) in [4.78, 5) is 10.5. The quantitative estimate of drug-likeness (QED) is 0.220. The van der Waals surface area contributed by atoms with E-state index in [2.05, 4.69) is 113 Å². The molecule has 1 aromatic rings. The van der Waals surface area contributed by atoms with Crippen LogP contribution in [0, 0.1) is 11.3 Å². The molecule has 6 nitrogen and oxygen atoms in total. The van der Waals surface area contributed by atoms with E-state index in [1.54, 1.807) is 0 Å². The van der Waals surface area contributed by atoms with E-state index in [9.17, 15) is 0 Å². The number of piperidine rings is 2. The number of hydrogen-bond acceptors (Lipinski definition) is 6. The Hall–Kier alpha value is -1.18. The number of likely N-dealkylation sites (tertiary alicyclic amines) is 2. The van der Waals surface area contributed by atoms with Gasteiger partial charge in [0.05, 0.1) is 24.4 Å². The smallest absolute Gasteiger partial charge is 0.0627 e. The Morgan fingerprint density at radius 3 is 1.70 bits per heavy atom. The Kier molecular flexibility index (Phi) is 13.1. The SMILES string of the molecule is CC(C)(C)OCCN1CCN(c2ccc(C(C)(C)CCC(C)(C)OCCN3CCC(N4CCC(C(C)(C)C)CC4)CC3)cc2)CC1. The lowest BCUT2D eigenvalue weighted by Gasteiger charge is -2.44. The van der Waals surface area contributed by atoms with Crippen LogP contribution in [0.15, 0.2) is 24.3 Å². The number of ether oxygens (including phenoxy) is 2. The van der Waals surface area contributed by atoms with Gasteiger partial charge in [-0.3, -0.25) is 4.90 Å². The summed E-state index contributed by atoms with van der Waals surface area (Å²) in [7, 11) is 0. The summed E-state index contributed by atoms with van der Waals surface area (Å²) in [6.45, 7) is 36.2. The van der Waals surface area contributed by atoms with Gasteiger partial charge in [0.25, 0.3) is 0 Å². The normalized spacial score (nSPS) is 21.3. The first kappa shape index (κ1) is 37.6. The highest BCUT2D eigenvalue weighted by Crippen LogP contribution is 2.36. The molecule has 6 heteroatoms. The van der Waals surface area contributed by atoms with Crippen molar-refractivity contribution in [1.29, 1.82) is 0 Å². The lowest BCUT2D eigenvalue weighted by Crippen LogP contribution is -2.49. The molecule has 3 heterocycles. The second-order valence-electron chi connectivity index (χ2n) is 18.1. The van der Waals surface area contributed by atoms with E-state index in [0.717, 1.165) is 77.3 Å². The summed E-state index contributed by atoms with van der Waals surface area (Å²) >= 11 is 0. The van der Waals surface area contributed by atoms with Crippen molar-refractivity contribution < 1.29 is 9.47 Å². The van der Waals surface area contributed by atoms with Crippen LogP contribution in [0.4, 0.5) is 5.69 Å². The molecule has 0 amide bonds. The minimum absolute atomic E-state index is 0.0540. The van der Waals surface area contributed by atoms with Crippen LogP contribution >= 0.6 is 0 Å². The van der Waals surface area contributed by atoms with Crippen molar-refractivity contribution in [2.75, 3.05) is 83.6 Å². The highest BCUT2D eigenvalue weighted by Gasteiger charge is 2.33. The number of hydrogen-bond donors (Lipinski definition) is 0. The standard InChI is InChI=1S/C40H72N4O2/c1-37(2,3)33-15-23-43(24-16-33)36-17-21-41(22-18-36)30-32-46-40(9,10)20-19-39(7,8)34-11-13-35(14-12-34)44-27-25-42(26-28-44)29-31-45-38(4,5)6/h11-14,33,36H,15-32H2,1-10H3. The van der Waals surface area contributed by atoms with Gasteiger partial charge >= 0.3 is 0 Å². The average molecular weight is 641 g/mol. The second kappa shape index (κ2) is 16.0. The van der Waals surface area contributed by atoms with Gasteiger partial charge < -0.3 is 24.2 Å². The van der Waals surface area contributed by atoms with E-state index in [1.807, 2.05) is 0 Å². The van der Waals surface area contributed by atoms with Crippen LogP contribution in [0.5, 0.6) is 0 Å². The molecule has 3 saturated heterocycles. The van der Waals surface area contributed by atoms with Crippen LogP contribution in [-0.4, -0.2) is 111 Å². The molecule has 3 aliphatic heterocycles. The molecular weight excluding hydrogens is 568 g/mol. The number of rotatable bonds is 13. The molecule has 0 aromatic heterocycles. The lowest BCUT2D eigenvalue weighted by molar-refractivity contribution is -0.0397. The molecule has 264 valence electrons. The molecule has 46 heavy (non-hydrogen) atoms. The Morgan fingerprint density at radius 1 is 0.609 bits per heavy atom. The molecule has 1 aromatic carbocycles. The van der Waals surface area contributed by atoms with E-state index in [0.29, 0.717) is 5.41 Å². The highest BCUT2D eigenvalue weighted by atomic mass is 16.5. The van der Waals surface area contributed by atoms with E-state index in [-0.39, 0.29) is 16.6 Å². The Morgan fingerprint density at radius 2 is 1.15 bits per heavy atom. The maximum Gasteiger partial charge on any atom is 0.0627 e. The third kappa shape index (κ3) is 11.8. The van der Waals surface area contributed by atoms with E-state index >= 15 is 0 Å². The first-order valence-electron chi connectivity index (χ1n) is 18.8.